The molecule has 1 aliphatic heterocycles. The van der Waals surface area contributed by atoms with Crippen molar-refractivity contribution in [2.45, 2.75) is 12.8 Å². The first kappa shape index (κ1) is 11.4. The van der Waals surface area contributed by atoms with E-state index in [0.29, 0.717) is 5.92 Å². The van der Waals surface area contributed by atoms with E-state index in [1.807, 2.05) is 18.2 Å². The molecule has 0 aliphatic carbocycles. The van der Waals surface area contributed by atoms with Crippen LogP contribution in [0.4, 0.5) is 0 Å². The van der Waals surface area contributed by atoms with Gasteiger partial charge in [-0.05, 0) is 44.0 Å². The SMILES string of the molecule is c1cnc2cc(OCC3CCNCC3)ccc2n1. The molecular formula is C14H17N3O. The zero-order valence-corrected chi connectivity index (χ0v) is 10.3. The predicted molar refractivity (Wildman–Crippen MR) is 70.6 cm³/mol. The van der Waals surface area contributed by atoms with E-state index in [9.17, 15) is 0 Å². The van der Waals surface area contributed by atoms with Gasteiger partial charge in [0, 0.05) is 18.5 Å². The van der Waals surface area contributed by atoms with Crippen molar-refractivity contribution >= 4 is 11.0 Å². The smallest absolute Gasteiger partial charge is 0.121 e. The van der Waals surface area contributed by atoms with Crippen molar-refractivity contribution in [1.82, 2.24) is 15.3 Å². The molecule has 0 saturated carbocycles. The maximum absolute atomic E-state index is 5.86. The summed E-state index contributed by atoms with van der Waals surface area (Å²) in [6.07, 6.45) is 5.82. The maximum Gasteiger partial charge on any atom is 0.121 e. The zero-order chi connectivity index (χ0) is 12.2. The van der Waals surface area contributed by atoms with Crippen molar-refractivity contribution in [2.75, 3.05) is 19.7 Å². The Hall–Kier alpha value is -1.68. The highest BCUT2D eigenvalue weighted by molar-refractivity contribution is 5.75. The van der Waals surface area contributed by atoms with Gasteiger partial charge >= 0.3 is 0 Å². The molecular weight excluding hydrogens is 226 g/mol. The molecule has 0 unspecified atom stereocenters. The zero-order valence-electron chi connectivity index (χ0n) is 10.3. The minimum absolute atomic E-state index is 0.670. The Morgan fingerprint density at radius 2 is 1.89 bits per heavy atom. The standard InChI is InChI=1S/C14H17N3O/c1-2-13-14(17-8-7-16-13)9-12(1)18-10-11-3-5-15-6-4-11/h1-2,7-9,11,15H,3-6,10H2. The first-order valence-electron chi connectivity index (χ1n) is 6.46. The monoisotopic (exact) mass is 243 g/mol. The van der Waals surface area contributed by atoms with Gasteiger partial charge in [0.05, 0.1) is 17.6 Å². The second-order valence-corrected chi connectivity index (χ2v) is 4.71. The molecule has 1 aromatic carbocycles. The molecule has 3 rings (SSSR count). The molecule has 1 N–H and O–H groups in total. The van der Waals surface area contributed by atoms with Crippen molar-refractivity contribution in [3.05, 3.63) is 30.6 Å². The lowest BCUT2D eigenvalue weighted by Crippen LogP contribution is -2.30. The summed E-state index contributed by atoms with van der Waals surface area (Å²) in [5, 5.41) is 3.36. The molecule has 4 nitrogen and oxygen atoms in total. The van der Waals surface area contributed by atoms with E-state index in [1.165, 1.54) is 12.8 Å². The predicted octanol–water partition coefficient (Wildman–Crippen LogP) is 2.01. The van der Waals surface area contributed by atoms with Gasteiger partial charge in [-0.1, -0.05) is 0 Å². The average Bonchev–Trinajstić information content (AvgIpc) is 2.46. The maximum atomic E-state index is 5.86. The van der Waals surface area contributed by atoms with Crippen molar-refractivity contribution in [3.8, 4) is 5.75 Å². The van der Waals surface area contributed by atoms with E-state index in [-0.39, 0.29) is 0 Å². The van der Waals surface area contributed by atoms with Crippen LogP contribution in [0.25, 0.3) is 11.0 Å². The quantitative estimate of drug-likeness (QED) is 0.895. The fraction of sp³-hybridized carbons (Fsp3) is 0.429. The molecule has 1 aliphatic rings. The minimum atomic E-state index is 0.670. The highest BCUT2D eigenvalue weighted by Gasteiger charge is 2.13. The van der Waals surface area contributed by atoms with Gasteiger partial charge < -0.3 is 10.1 Å². The summed E-state index contributed by atoms with van der Waals surface area (Å²) in [7, 11) is 0. The van der Waals surface area contributed by atoms with Crippen LogP contribution in [0, 0.1) is 5.92 Å². The van der Waals surface area contributed by atoms with Crippen LogP contribution in [0.15, 0.2) is 30.6 Å². The molecule has 0 amide bonds. The number of hydrogen-bond acceptors (Lipinski definition) is 4. The van der Waals surface area contributed by atoms with Crippen LogP contribution in [-0.4, -0.2) is 29.7 Å². The van der Waals surface area contributed by atoms with Gasteiger partial charge in [-0.25, -0.2) is 0 Å². The normalized spacial score (nSPS) is 16.9. The van der Waals surface area contributed by atoms with E-state index >= 15 is 0 Å². The van der Waals surface area contributed by atoms with Gasteiger partial charge in [-0.15, -0.1) is 0 Å². The Labute approximate surface area is 106 Å². The van der Waals surface area contributed by atoms with E-state index in [0.717, 1.165) is 36.5 Å². The van der Waals surface area contributed by atoms with Crippen LogP contribution < -0.4 is 10.1 Å². The van der Waals surface area contributed by atoms with Crippen LogP contribution >= 0.6 is 0 Å². The molecule has 2 heterocycles. The Balaban J connectivity index is 1.66. The summed E-state index contributed by atoms with van der Waals surface area (Å²) in [5.74, 6) is 1.56. The Bertz CT molecular complexity index is 523. The number of rotatable bonds is 3. The number of nitrogens with zero attached hydrogens (tertiary/aromatic N) is 2. The Kier molecular flexibility index (Phi) is 3.37. The van der Waals surface area contributed by atoms with Crippen molar-refractivity contribution in [3.63, 3.8) is 0 Å². The summed E-state index contributed by atoms with van der Waals surface area (Å²) in [6.45, 7) is 3.02. The number of ether oxygens (including phenoxy) is 1. The topological polar surface area (TPSA) is 47.0 Å². The molecule has 0 atom stereocenters. The summed E-state index contributed by atoms with van der Waals surface area (Å²) in [6, 6.07) is 5.89. The number of hydrogen-bond donors (Lipinski definition) is 1. The molecule has 4 heteroatoms. The highest BCUT2D eigenvalue weighted by atomic mass is 16.5. The van der Waals surface area contributed by atoms with Crippen LogP contribution in [0.1, 0.15) is 12.8 Å². The van der Waals surface area contributed by atoms with Crippen LogP contribution in [-0.2, 0) is 0 Å². The third-order valence-corrected chi connectivity index (χ3v) is 3.39. The summed E-state index contributed by atoms with van der Waals surface area (Å²) in [5.41, 5.74) is 1.80. The summed E-state index contributed by atoms with van der Waals surface area (Å²) >= 11 is 0. The number of benzene rings is 1. The number of nitrogens with one attached hydrogen (secondary N) is 1. The highest BCUT2D eigenvalue weighted by Crippen LogP contribution is 2.19. The largest absolute Gasteiger partial charge is 0.493 e. The van der Waals surface area contributed by atoms with Gasteiger partial charge in [0.15, 0.2) is 0 Å². The van der Waals surface area contributed by atoms with Crippen molar-refractivity contribution < 1.29 is 4.74 Å². The summed E-state index contributed by atoms with van der Waals surface area (Å²) < 4.78 is 5.86. The Morgan fingerprint density at radius 3 is 2.72 bits per heavy atom. The molecule has 1 aromatic heterocycles. The van der Waals surface area contributed by atoms with E-state index < -0.39 is 0 Å². The molecule has 0 spiro atoms. The average molecular weight is 243 g/mol. The summed E-state index contributed by atoms with van der Waals surface area (Å²) in [4.78, 5) is 8.53. The van der Waals surface area contributed by atoms with Crippen LogP contribution in [0.3, 0.4) is 0 Å². The first-order chi connectivity index (χ1) is 8.92. The molecule has 2 aromatic rings. The number of piperidine rings is 1. The van der Waals surface area contributed by atoms with Crippen LogP contribution in [0.5, 0.6) is 5.75 Å². The van der Waals surface area contributed by atoms with Crippen LogP contribution in [0.2, 0.25) is 0 Å². The van der Waals surface area contributed by atoms with Gasteiger partial charge in [-0.3, -0.25) is 9.97 Å². The molecule has 94 valence electrons. The van der Waals surface area contributed by atoms with Gasteiger partial charge in [-0.2, -0.15) is 0 Å². The minimum Gasteiger partial charge on any atom is -0.493 e. The first-order valence-corrected chi connectivity index (χ1v) is 6.46. The fourth-order valence-corrected chi connectivity index (χ4v) is 2.30. The third kappa shape index (κ3) is 2.59. The number of fused-ring (bicyclic) bond motifs is 1. The van der Waals surface area contributed by atoms with E-state index in [4.69, 9.17) is 4.74 Å². The fourth-order valence-electron chi connectivity index (χ4n) is 2.30. The molecule has 0 bridgehead atoms. The third-order valence-electron chi connectivity index (χ3n) is 3.39. The lowest BCUT2D eigenvalue weighted by atomic mass is 9.99. The van der Waals surface area contributed by atoms with Crippen molar-refractivity contribution in [1.29, 1.82) is 0 Å². The molecule has 0 radical (unpaired) electrons. The second-order valence-electron chi connectivity index (χ2n) is 4.71. The van der Waals surface area contributed by atoms with Gasteiger partial charge in [0.1, 0.15) is 5.75 Å². The molecule has 1 fully saturated rings. The van der Waals surface area contributed by atoms with Gasteiger partial charge in [0.2, 0.25) is 0 Å². The Morgan fingerprint density at radius 1 is 1.11 bits per heavy atom. The van der Waals surface area contributed by atoms with E-state index in [2.05, 4.69) is 15.3 Å². The van der Waals surface area contributed by atoms with E-state index in [1.54, 1.807) is 12.4 Å². The molecule has 18 heavy (non-hydrogen) atoms. The lowest BCUT2D eigenvalue weighted by Gasteiger charge is -2.22. The second kappa shape index (κ2) is 5.31. The van der Waals surface area contributed by atoms with Gasteiger partial charge in [0.25, 0.3) is 0 Å². The lowest BCUT2D eigenvalue weighted by molar-refractivity contribution is 0.215. The van der Waals surface area contributed by atoms with Crippen molar-refractivity contribution in [2.24, 2.45) is 5.92 Å². The number of aromatic nitrogens is 2. The molecule has 1 saturated heterocycles.